The fraction of sp³-hybridized carbons (Fsp3) is 0.278. The van der Waals surface area contributed by atoms with Crippen molar-refractivity contribution in [3.63, 3.8) is 0 Å². The van der Waals surface area contributed by atoms with Crippen LogP contribution >= 0.6 is 39.1 Å². The molecule has 0 unspecified atom stereocenters. The quantitative estimate of drug-likeness (QED) is 0.292. The van der Waals surface area contributed by atoms with Crippen LogP contribution in [0.25, 0.3) is 0 Å². The van der Waals surface area contributed by atoms with Gasteiger partial charge in [-0.1, -0.05) is 39.1 Å². The zero-order chi connectivity index (χ0) is 16.7. The molecular formula is C18H17BrCl2O2. The standard InChI is InChI=1S/C18H17BrCl2O2/c19-10-2-1-3-11-23-15-7-4-13(5-8-15)18(22)14-6-9-16(20)17(21)12-14/h4-9,12H,1-3,10-11H2. The number of benzene rings is 2. The van der Waals surface area contributed by atoms with E-state index in [2.05, 4.69) is 15.9 Å². The summed E-state index contributed by atoms with van der Waals surface area (Å²) < 4.78 is 5.66. The van der Waals surface area contributed by atoms with Gasteiger partial charge in [0.25, 0.3) is 0 Å². The zero-order valence-electron chi connectivity index (χ0n) is 12.5. The molecule has 0 aliphatic rings. The SMILES string of the molecule is O=C(c1ccc(OCCCCCBr)cc1)c1ccc(Cl)c(Cl)c1. The predicted octanol–water partition coefficient (Wildman–Crippen LogP) is 6.17. The van der Waals surface area contributed by atoms with E-state index in [1.165, 1.54) is 0 Å². The van der Waals surface area contributed by atoms with Crippen molar-refractivity contribution in [3.8, 4) is 5.75 Å². The topological polar surface area (TPSA) is 26.3 Å². The number of unbranched alkanes of at least 4 members (excludes halogenated alkanes) is 2. The molecule has 0 radical (unpaired) electrons. The van der Waals surface area contributed by atoms with Crippen molar-refractivity contribution in [3.05, 3.63) is 63.6 Å². The maximum Gasteiger partial charge on any atom is 0.193 e. The molecule has 0 aliphatic carbocycles. The summed E-state index contributed by atoms with van der Waals surface area (Å²) >= 11 is 15.2. The van der Waals surface area contributed by atoms with E-state index < -0.39 is 0 Å². The molecule has 0 saturated heterocycles. The van der Waals surface area contributed by atoms with Crippen molar-refractivity contribution < 1.29 is 9.53 Å². The Kier molecular flexibility index (Phi) is 7.41. The molecule has 0 N–H and O–H groups in total. The lowest BCUT2D eigenvalue weighted by Crippen LogP contribution is -2.02. The third-order valence-corrected chi connectivity index (χ3v) is 4.64. The first kappa shape index (κ1) is 18.3. The molecule has 0 spiro atoms. The van der Waals surface area contributed by atoms with Crippen molar-refractivity contribution >= 4 is 44.9 Å². The maximum atomic E-state index is 12.4. The molecule has 0 atom stereocenters. The van der Waals surface area contributed by atoms with Crippen LogP contribution in [0.2, 0.25) is 10.0 Å². The van der Waals surface area contributed by atoms with Gasteiger partial charge in [0, 0.05) is 16.5 Å². The Bertz CT molecular complexity index is 657. The van der Waals surface area contributed by atoms with Gasteiger partial charge in [-0.15, -0.1) is 0 Å². The number of hydrogen-bond acceptors (Lipinski definition) is 2. The van der Waals surface area contributed by atoms with Crippen LogP contribution in [0.4, 0.5) is 0 Å². The van der Waals surface area contributed by atoms with Gasteiger partial charge in [0.1, 0.15) is 5.75 Å². The molecule has 2 aromatic rings. The molecule has 2 rings (SSSR count). The highest BCUT2D eigenvalue weighted by atomic mass is 79.9. The molecule has 0 heterocycles. The van der Waals surface area contributed by atoms with Gasteiger partial charge in [-0.05, 0) is 61.7 Å². The third kappa shape index (κ3) is 5.52. The summed E-state index contributed by atoms with van der Waals surface area (Å²) in [6.45, 7) is 0.688. The van der Waals surface area contributed by atoms with E-state index in [0.29, 0.717) is 27.8 Å². The molecule has 0 amide bonds. The number of rotatable bonds is 8. The minimum absolute atomic E-state index is 0.0903. The van der Waals surface area contributed by atoms with E-state index >= 15 is 0 Å². The van der Waals surface area contributed by atoms with E-state index in [1.54, 1.807) is 30.3 Å². The smallest absolute Gasteiger partial charge is 0.193 e. The second kappa shape index (κ2) is 9.31. The number of carbonyl (C=O) groups is 1. The maximum absolute atomic E-state index is 12.4. The normalized spacial score (nSPS) is 10.6. The highest BCUT2D eigenvalue weighted by molar-refractivity contribution is 9.09. The average Bonchev–Trinajstić information content (AvgIpc) is 2.57. The summed E-state index contributed by atoms with van der Waals surface area (Å²) in [6.07, 6.45) is 3.31. The summed E-state index contributed by atoms with van der Waals surface area (Å²) in [5, 5.41) is 1.84. The van der Waals surface area contributed by atoms with Gasteiger partial charge < -0.3 is 4.74 Å². The van der Waals surface area contributed by atoms with Crippen molar-refractivity contribution in [2.75, 3.05) is 11.9 Å². The van der Waals surface area contributed by atoms with Crippen LogP contribution in [-0.4, -0.2) is 17.7 Å². The molecule has 0 fully saturated rings. The molecular weight excluding hydrogens is 399 g/mol. The Labute approximate surface area is 154 Å². The second-order valence-corrected chi connectivity index (χ2v) is 6.69. The summed E-state index contributed by atoms with van der Waals surface area (Å²) in [4.78, 5) is 12.4. The van der Waals surface area contributed by atoms with Crippen molar-refractivity contribution in [2.24, 2.45) is 0 Å². The number of halogens is 3. The van der Waals surface area contributed by atoms with Gasteiger partial charge in [-0.3, -0.25) is 4.79 Å². The second-order valence-electron chi connectivity index (χ2n) is 5.08. The monoisotopic (exact) mass is 414 g/mol. The average molecular weight is 416 g/mol. The minimum atomic E-state index is -0.0903. The van der Waals surface area contributed by atoms with Crippen molar-refractivity contribution in [2.45, 2.75) is 19.3 Å². The third-order valence-electron chi connectivity index (χ3n) is 3.34. The van der Waals surface area contributed by atoms with Gasteiger partial charge in [-0.25, -0.2) is 0 Å². The molecule has 23 heavy (non-hydrogen) atoms. The Morgan fingerprint density at radius 2 is 1.61 bits per heavy atom. The molecule has 0 bridgehead atoms. The summed E-state index contributed by atoms with van der Waals surface area (Å²) in [7, 11) is 0. The van der Waals surface area contributed by atoms with Crippen LogP contribution in [0, 0.1) is 0 Å². The fourth-order valence-corrected chi connectivity index (χ4v) is 2.76. The molecule has 2 nitrogen and oxygen atoms in total. The Hall–Kier alpha value is -1.03. The molecule has 0 aliphatic heterocycles. The lowest BCUT2D eigenvalue weighted by Gasteiger charge is -2.07. The van der Waals surface area contributed by atoms with Crippen molar-refractivity contribution in [1.29, 1.82) is 0 Å². The van der Waals surface area contributed by atoms with Gasteiger partial charge in [0.15, 0.2) is 5.78 Å². The van der Waals surface area contributed by atoms with Crippen LogP contribution in [0.5, 0.6) is 5.75 Å². The fourth-order valence-electron chi connectivity index (χ4n) is 2.07. The first-order chi connectivity index (χ1) is 11.1. The van der Waals surface area contributed by atoms with E-state index in [-0.39, 0.29) is 5.78 Å². The first-order valence-corrected chi connectivity index (χ1v) is 9.28. The van der Waals surface area contributed by atoms with E-state index in [0.717, 1.165) is 30.3 Å². The number of carbonyl (C=O) groups excluding carboxylic acids is 1. The van der Waals surface area contributed by atoms with Crippen LogP contribution < -0.4 is 4.74 Å². The Morgan fingerprint density at radius 1 is 0.913 bits per heavy atom. The number of hydrogen-bond donors (Lipinski definition) is 0. The van der Waals surface area contributed by atoms with Crippen LogP contribution in [0.1, 0.15) is 35.2 Å². The van der Waals surface area contributed by atoms with Crippen LogP contribution in [0.15, 0.2) is 42.5 Å². The molecule has 5 heteroatoms. The largest absolute Gasteiger partial charge is 0.494 e. The number of ketones is 1. The number of ether oxygens (including phenoxy) is 1. The molecule has 0 saturated carbocycles. The summed E-state index contributed by atoms with van der Waals surface area (Å²) in [6, 6.07) is 12.0. The Morgan fingerprint density at radius 3 is 2.26 bits per heavy atom. The molecule has 122 valence electrons. The van der Waals surface area contributed by atoms with Crippen LogP contribution in [0.3, 0.4) is 0 Å². The zero-order valence-corrected chi connectivity index (χ0v) is 15.6. The van der Waals surface area contributed by atoms with Gasteiger partial charge >= 0.3 is 0 Å². The van der Waals surface area contributed by atoms with Crippen LogP contribution in [-0.2, 0) is 0 Å². The first-order valence-electron chi connectivity index (χ1n) is 7.40. The summed E-state index contributed by atoms with van der Waals surface area (Å²) in [5.74, 6) is 0.682. The van der Waals surface area contributed by atoms with Crippen molar-refractivity contribution in [1.82, 2.24) is 0 Å². The Balaban J connectivity index is 1.95. The predicted molar refractivity (Wildman–Crippen MR) is 99.5 cm³/mol. The van der Waals surface area contributed by atoms with Gasteiger partial charge in [0.2, 0.25) is 0 Å². The lowest BCUT2D eigenvalue weighted by atomic mass is 10.0. The van der Waals surface area contributed by atoms with Gasteiger partial charge in [0.05, 0.1) is 16.7 Å². The highest BCUT2D eigenvalue weighted by Gasteiger charge is 2.11. The lowest BCUT2D eigenvalue weighted by molar-refractivity contribution is 0.103. The highest BCUT2D eigenvalue weighted by Crippen LogP contribution is 2.24. The van der Waals surface area contributed by atoms with E-state index in [4.69, 9.17) is 27.9 Å². The van der Waals surface area contributed by atoms with E-state index in [1.807, 2.05) is 12.1 Å². The molecule has 0 aromatic heterocycles. The summed E-state index contributed by atoms with van der Waals surface area (Å²) in [5.41, 5.74) is 1.11. The minimum Gasteiger partial charge on any atom is -0.494 e. The van der Waals surface area contributed by atoms with E-state index in [9.17, 15) is 4.79 Å². The number of alkyl halides is 1. The molecule has 2 aromatic carbocycles. The van der Waals surface area contributed by atoms with Gasteiger partial charge in [-0.2, -0.15) is 0 Å².